The van der Waals surface area contributed by atoms with Gasteiger partial charge in [0.1, 0.15) is 5.75 Å². The van der Waals surface area contributed by atoms with Crippen LogP contribution >= 0.6 is 23.2 Å². The molecule has 0 radical (unpaired) electrons. The van der Waals surface area contributed by atoms with Gasteiger partial charge in [-0.25, -0.2) is 0 Å². The van der Waals surface area contributed by atoms with Crippen LogP contribution in [-0.4, -0.2) is 38.2 Å². The minimum absolute atomic E-state index is 0.158. The maximum absolute atomic E-state index is 6.28. The molecule has 3 nitrogen and oxygen atoms in total. The summed E-state index contributed by atoms with van der Waals surface area (Å²) in [6.07, 6.45) is 1.13. The molecule has 1 heterocycles. The van der Waals surface area contributed by atoms with Gasteiger partial charge in [-0.3, -0.25) is 4.90 Å². The van der Waals surface area contributed by atoms with Crippen molar-refractivity contribution in [3.63, 3.8) is 0 Å². The summed E-state index contributed by atoms with van der Waals surface area (Å²) in [7, 11) is 1.69. The molecule has 2 aromatic rings. The fourth-order valence-corrected chi connectivity index (χ4v) is 3.51. The molecule has 24 heavy (non-hydrogen) atoms. The summed E-state index contributed by atoms with van der Waals surface area (Å²) >= 11 is 12.4. The summed E-state index contributed by atoms with van der Waals surface area (Å²) in [6.45, 7) is 4.10. The zero-order chi connectivity index (χ0) is 16.9. The van der Waals surface area contributed by atoms with E-state index < -0.39 is 0 Å². The molecule has 1 N–H and O–H groups in total. The Kier molecular flexibility index (Phi) is 6.01. The van der Waals surface area contributed by atoms with Crippen LogP contribution in [0.4, 0.5) is 0 Å². The van der Waals surface area contributed by atoms with Crippen molar-refractivity contribution < 1.29 is 4.74 Å². The lowest BCUT2D eigenvalue weighted by Crippen LogP contribution is -2.33. The van der Waals surface area contributed by atoms with Crippen molar-refractivity contribution in [2.45, 2.75) is 12.5 Å². The van der Waals surface area contributed by atoms with Gasteiger partial charge in [0.25, 0.3) is 0 Å². The first-order chi connectivity index (χ1) is 11.7. The second-order valence-corrected chi connectivity index (χ2v) is 6.80. The molecule has 1 unspecified atom stereocenters. The Morgan fingerprint density at radius 1 is 0.958 bits per heavy atom. The second kappa shape index (κ2) is 8.21. The molecule has 2 aromatic carbocycles. The Balaban J connectivity index is 1.99. The van der Waals surface area contributed by atoms with Crippen LogP contribution in [0.15, 0.2) is 42.5 Å². The van der Waals surface area contributed by atoms with Crippen molar-refractivity contribution >= 4 is 23.2 Å². The molecule has 0 aliphatic carbocycles. The smallest absolute Gasteiger partial charge is 0.118 e. The molecule has 1 aliphatic heterocycles. The number of benzene rings is 2. The molecule has 1 fully saturated rings. The highest BCUT2D eigenvalue weighted by Crippen LogP contribution is 2.33. The van der Waals surface area contributed by atoms with E-state index in [1.807, 2.05) is 24.3 Å². The van der Waals surface area contributed by atoms with Gasteiger partial charge < -0.3 is 10.1 Å². The summed E-state index contributed by atoms with van der Waals surface area (Å²) in [5, 5.41) is 4.65. The SMILES string of the molecule is COc1ccc(C(c2ccc(Cl)c(Cl)c2)N2CCCNCC2)cc1. The Bertz CT molecular complexity index is 668. The lowest BCUT2D eigenvalue weighted by Gasteiger charge is -2.31. The number of nitrogens with one attached hydrogen (secondary N) is 1. The first-order valence-electron chi connectivity index (χ1n) is 8.22. The Labute approximate surface area is 153 Å². The maximum atomic E-state index is 6.28. The highest BCUT2D eigenvalue weighted by molar-refractivity contribution is 6.42. The second-order valence-electron chi connectivity index (χ2n) is 5.99. The largest absolute Gasteiger partial charge is 0.497 e. The topological polar surface area (TPSA) is 24.5 Å². The Morgan fingerprint density at radius 3 is 2.42 bits per heavy atom. The van der Waals surface area contributed by atoms with E-state index in [2.05, 4.69) is 28.4 Å². The van der Waals surface area contributed by atoms with Crippen LogP contribution in [0.5, 0.6) is 5.75 Å². The molecule has 1 aliphatic rings. The normalized spacial score (nSPS) is 17.3. The van der Waals surface area contributed by atoms with E-state index in [-0.39, 0.29) is 6.04 Å². The minimum atomic E-state index is 0.158. The summed E-state index contributed by atoms with van der Waals surface area (Å²) in [5.74, 6) is 0.865. The number of rotatable bonds is 4. The van der Waals surface area contributed by atoms with Crippen LogP contribution < -0.4 is 10.1 Å². The van der Waals surface area contributed by atoms with Gasteiger partial charge in [-0.2, -0.15) is 0 Å². The molecular formula is C19H22Cl2N2O. The number of hydrogen-bond donors (Lipinski definition) is 1. The zero-order valence-corrected chi connectivity index (χ0v) is 15.3. The highest BCUT2D eigenvalue weighted by Gasteiger charge is 2.23. The third-order valence-corrected chi connectivity index (χ3v) is 5.17. The molecule has 0 bridgehead atoms. The van der Waals surface area contributed by atoms with Crippen molar-refractivity contribution in [2.24, 2.45) is 0 Å². The van der Waals surface area contributed by atoms with Crippen LogP contribution in [0.25, 0.3) is 0 Å². The van der Waals surface area contributed by atoms with Crippen LogP contribution in [0.1, 0.15) is 23.6 Å². The fraction of sp³-hybridized carbons (Fsp3) is 0.368. The first kappa shape index (κ1) is 17.6. The molecule has 128 valence electrons. The molecule has 0 saturated carbocycles. The lowest BCUT2D eigenvalue weighted by atomic mass is 9.96. The first-order valence-corrected chi connectivity index (χ1v) is 8.98. The molecule has 1 atom stereocenters. The molecule has 0 aromatic heterocycles. The summed E-state index contributed by atoms with van der Waals surface area (Å²) < 4.78 is 5.29. The van der Waals surface area contributed by atoms with Gasteiger partial charge in [-0.15, -0.1) is 0 Å². The zero-order valence-electron chi connectivity index (χ0n) is 13.8. The van der Waals surface area contributed by atoms with E-state index in [1.165, 1.54) is 5.56 Å². The molecular weight excluding hydrogens is 343 g/mol. The van der Waals surface area contributed by atoms with E-state index >= 15 is 0 Å². The molecule has 3 rings (SSSR count). The number of halogens is 2. The van der Waals surface area contributed by atoms with Gasteiger partial charge in [0.15, 0.2) is 0 Å². The van der Waals surface area contributed by atoms with Gasteiger partial charge in [0, 0.05) is 19.6 Å². The highest BCUT2D eigenvalue weighted by atomic mass is 35.5. The predicted molar refractivity (Wildman–Crippen MR) is 100 cm³/mol. The van der Waals surface area contributed by atoms with Gasteiger partial charge in [-0.1, -0.05) is 41.4 Å². The van der Waals surface area contributed by atoms with Gasteiger partial charge >= 0.3 is 0 Å². The summed E-state index contributed by atoms with van der Waals surface area (Å²) in [4.78, 5) is 2.50. The Hall–Kier alpha value is -1.26. The van der Waals surface area contributed by atoms with E-state index in [0.29, 0.717) is 10.0 Å². The molecule has 1 saturated heterocycles. The number of nitrogens with zero attached hydrogens (tertiary/aromatic N) is 1. The summed E-state index contributed by atoms with van der Waals surface area (Å²) in [6, 6.07) is 14.4. The number of methoxy groups -OCH3 is 1. The quantitative estimate of drug-likeness (QED) is 0.870. The molecule has 5 heteroatoms. The van der Waals surface area contributed by atoms with Crippen LogP contribution in [-0.2, 0) is 0 Å². The number of ether oxygens (including phenoxy) is 1. The fourth-order valence-electron chi connectivity index (χ4n) is 3.21. The van der Waals surface area contributed by atoms with Gasteiger partial charge in [0.05, 0.1) is 23.2 Å². The van der Waals surface area contributed by atoms with Crippen LogP contribution in [0, 0.1) is 0 Å². The Morgan fingerprint density at radius 2 is 1.71 bits per heavy atom. The third kappa shape index (κ3) is 4.04. The average molecular weight is 365 g/mol. The van der Waals surface area contributed by atoms with Crippen molar-refractivity contribution in [3.05, 3.63) is 63.6 Å². The van der Waals surface area contributed by atoms with Crippen molar-refractivity contribution in [3.8, 4) is 5.75 Å². The molecule has 0 spiro atoms. The third-order valence-electron chi connectivity index (χ3n) is 4.43. The van der Waals surface area contributed by atoms with E-state index in [1.54, 1.807) is 7.11 Å². The van der Waals surface area contributed by atoms with Crippen LogP contribution in [0.2, 0.25) is 10.0 Å². The predicted octanol–water partition coefficient (Wildman–Crippen LogP) is 4.39. The minimum Gasteiger partial charge on any atom is -0.497 e. The van der Waals surface area contributed by atoms with Crippen molar-refractivity contribution in [1.82, 2.24) is 10.2 Å². The average Bonchev–Trinajstić information content (AvgIpc) is 2.88. The van der Waals surface area contributed by atoms with E-state index in [0.717, 1.165) is 43.9 Å². The van der Waals surface area contributed by atoms with Crippen LogP contribution in [0.3, 0.4) is 0 Å². The van der Waals surface area contributed by atoms with E-state index in [9.17, 15) is 0 Å². The van der Waals surface area contributed by atoms with E-state index in [4.69, 9.17) is 27.9 Å². The maximum Gasteiger partial charge on any atom is 0.118 e. The number of hydrogen-bond acceptors (Lipinski definition) is 3. The lowest BCUT2D eigenvalue weighted by molar-refractivity contribution is 0.241. The van der Waals surface area contributed by atoms with Crippen molar-refractivity contribution in [1.29, 1.82) is 0 Å². The summed E-state index contributed by atoms with van der Waals surface area (Å²) in [5.41, 5.74) is 2.40. The monoisotopic (exact) mass is 364 g/mol. The van der Waals surface area contributed by atoms with Crippen molar-refractivity contribution in [2.75, 3.05) is 33.3 Å². The molecule has 0 amide bonds. The van der Waals surface area contributed by atoms with Gasteiger partial charge in [-0.05, 0) is 48.4 Å². The van der Waals surface area contributed by atoms with Gasteiger partial charge in [0.2, 0.25) is 0 Å². The standard InChI is InChI=1S/C19H22Cl2N2O/c1-24-16-6-3-14(4-7-16)19(23-11-2-9-22-10-12-23)15-5-8-17(20)18(21)13-15/h3-8,13,19,22H,2,9-12H2,1H3.